The fourth-order valence-electron chi connectivity index (χ4n) is 2.38. The highest BCUT2D eigenvalue weighted by molar-refractivity contribution is 14.0. The van der Waals surface area contributed by atoms with Crippen LogP contribution in [-0.4, -0.2) is 42.6 Å². The first-order valence-corrected chi connectivity index (χ1v) is 9.24. The summed E-state index contributed by atoms with van der Waals surface area (Å²) in [6.45, 7) is 6.16. The lowest BCUT2D eigenvalue weighted by molar-refractivity contribution is 0.186. The van der Waals surface area contributed by atoms with Gasteiger partial charge >= 0.3 is 0 Å². The molecule has 0 spiro atoms. The SMILES string of the molecule is CCNC(=NCC(O)c1ccc(C)cc1)N(C)CCc1cccs1.I. The van der Waals surface area contributed by atoms with Crippen molar-refractivity contribution in [3.63, 3.8) is 0 Å². The van der Waals surface area contributed by atoms with Crippen LogP contribution in [0.25, 0.3) is 0 Å². The number of guanidine groups is 1. The predicted octanol–water partition coefficient (Wildman–Crippen LogP) is 3.85. The summed E-state index contributed by atoms with van der Waals surface area (Å²) in [6.07, 6.45) is 0.420. The van der Waals surface area contributed by atoms with Gasteiger partial charge in [0.2, 0.25) is 0 Å². The van der Waals surface area contributed by atoms with E-state index >= 15 is 0 Å². The van der Waals surface area contributed by atoms with Gasteiger partial charge in [0.15, 0.2) is 5.96 Å². The van der Waals surface area contributed by atoms with Gasteiger partial charge in [-0.3, -0.25) is 4.99 Å². The van der Waals surface area contributed by atoms with E-state index in [1.807, 2.05) is 38.2 Å². The van der Waals surface area contributed by atoms with Gasteiger partial charge in [0.1, 0.15) is 0 Å². The molecule has 2 rings (SSSR count). The van der Waals surface area contributed by atoms with Crippen molar-refractivity contribution in [3.05, 3.63) is 57.8 Å². The Balaban J connectivity index is 0.00000312. The molecule has 1 aromatic carbocycles. The lowest BCUT2D eigenvalue weighted by Gasteiger charge is -2.22. The van der Waals surface area contributed by atoms with Crippen LogP contribution in [-0.2, 0) is 6.42 Å². The van der Waals surface area contributed by atoms with E-state index in [0.29, 0.717) is 6.54 Å². The van der Waals surface area contributed by atoms with Gasteiger partial charge in [-0.1, -0.05) is 35.9 Å². The topological polar surface area (TPSA) is 47.9 Å². The van der Waals surface area contributed by atoms with Crippen LogP contribution in [0, 0.1) is 6.92 Å². The van der Waals surface area contributed by atoms with Crippen molar-refractivity contribution in [1.29, 1.82) is 0 Å². The number of aryl methyl sites for hydroxylation is 1. The molecular weight excluding hydrogens is 445 g/mol. The molecule has 0 saturated heterocycles. The van der Waals surface area contributed by atoms with Crippen LogP contribution in [0.1, 0.15) is 29.0 Å². The summed E-state index contributed by atoms with van der Waals surface area (Å²) in [6, 6.07) is 12.2. The molecule has 0 radical (unpaired) electrons. The third-order valence-electron chi connectivity index (χ3n) is 3.85. The summed E-state index contributed by atoms with van der Waals surface area (Å²) in [5.41, 5.74) is 2.09. The summed E-state index contributed by atoms with van der Waals surface area (Å²) in [4.78, 5) is 8.09. The molecule has 1 aromatic heterocycles. The monoisotopic (exact) mass is 473 g/mol. The molecule has 25 heavy (non-hydrogen) atoms. The third kappa shape index (κ3) is 7.33. The van der Waals surface area contributed by atoms with Crippen LogP contribution < -0.4 is 5.32 Å². The Morgan fingerprint density at radius 3 is 2.60 bits per heavy atom. The number of aliphatic hydroxyl groups is 1. The molecule has 0 aliphatic heterocycles. The van der Waals surface area contributed by atoms with E-state index in [9.17, 15) is 5.11 Å². The number of nitrogens with one attached hydrogen (secondary N) is 1. The molecule has 0 fully saturated rings. The van der Waals surface area contributed by atoms with Crippen molar-refractivity contribution in [3.8, 4) is 0 Å². The van der Waals surface area contributed by atoms with Crippen LogP contribution in [0.5, 0.6) is 0 Å². The van der Waals surface area contributed by atoms with E-state index in [1.54, 1.807) is 11.3 Å². The van der Waals surface area contributed by atoms with Crippen LogP contribution in [0.4, 0.5) is 0 Å². The van der Waals surface area contributed by atoms with Gasteiger partial charge in [-0.05, 0) is 37.3 Å². The number of rotatable bonds is 7. The smallest absolute Gasteiger partial charge is 0.193 e. The second kappa shape index (κ2) is 11.5. The fourth-order valence-corrected chi connectivity index (χ4v) is 3.07. The van der Waals surface area contributed by atoms with Gasteiger partial charge in [0, 0.05) is 25.0 Å². The zero-order valence-corrected chi connectivity index (χ0v) is 18.3. The number of aliphatic hydroxyl groups excluding tert-OH is 1. The first-order chi connectivity index (χ1) is 11.6. The maximum absolute atomic E-state index is 10.3. The van der Waals surface area contributed by atoms with E-state index in [2.05, 4.69) is 39.6 Å². The predicted molar refractivity (Wildman–Crippen MR) is 118 cm³/mol. The number of halogens is 1. The molecule has 0 bridgehead atoms. The summed E-state index contributed by atoms with van der Waals surface area (Å²) < 4.78 is 0. The molecule has 0 amide bonds. The van der Waals surface area contributed by atoms with Crippen molar-refractivity contribution < 1.29 is 5.11 Å². The van der Waals surface area contributed by atoms with Crippen LogP contribution >= 0.6 is 35.3 Å². The van der Waals surface area contributed by atoms with Crippen molar-refractivity contribution in [1.82, 2.24) is 10.2 Å². The van der Waals surface area contributed by atoms with Crippen molar-refractivity contribution in [2.75, 3.05) is 26.7 Å². The Bertz CT molecular complexity index is 629. The second-order valence-corrected chi connectivity index (χ2v) is 6.90. The van der Waals surface area contributed by atoms with Crippen molar-refractivity contribution in [2.45, 2.75) is 26.4 Å². The average Bonchev–Trinajstić information content (AvgIpc) is 3.10. The molecular formula is C19H28IN3OS. The Labute approximate surface area is 172 Å². The van der Waals surface area contributed by atoms with E-state index in [-0.39, 0.29) is 24.0 Å². The molecule has 1 heterocycles. The molecule has 1 unspecified atom stereocenters. The molecule has 2 aromatic rings. The van der Waals surface area contributed by atoms with E-state index in [0.717, 1.165) is 31.0 Å². The number of thiophene rings is 1. The zero-order valence-electron chi connectivity index (χ0n) is 15.1. The molecule has 138 valence electrons. The number of aliphatic imine (C=N–C) groups is 1. The van der Waals surface area contributed by atoms with E-state index in [4.69, 9.17) is 0 Å². The number of nitrogens with zero attached hydrogens (tertiary/aromatic N) is 2. The van der Waals surface area contributed by atoms with E-state index < -0.39 is 6.10 Å². The van der Waals surface area contributed by atoms with Crippen LogP contribution in [0.3, 0.4) is 0 Å². The van der Waals surface area contributed by atoms with Gasteiger partial charge in [-0.25, -0.2) is 0 Å². The van der Waals surface area contributed by atoms with Gasteiger partial charge in [0.25, 0.3) is 0 Å². The molecule has 1 atom stereocenters. The molecule has 6 heteroatoms. The Kier molecular flexibility index (Phi) is 10.1. The number of likely N-dealkylation sites (N-methyl/N-ethyl adjacent to an activating group) is 1. The van der Waals surface area contributed by atoms with Gasteiger partial charge in [-0.15, -0.1) is 35.3 Å². The van der Waals surface area contributed by atoms with E-state index in [1.165, 1.54) is 10.4 Å². The highest BCUT2D eigenvalue weighted by Crippen LogP contribution is 2.14. The van der Waals surface area contributed by atoms with Gasteiger partial charge < -0.3 is 15.3 Å². The summed E-state index contributed by atoms with van der Waals surface area (Å²) in [7, 11) is 2.04. The second-order valence-electron chi connectivity index (χ2n) is 5.87. The highest BCUT2D eigenvalue weighted by atomic mass is 127. The lowest BCUT2D eigenvalue weighted by atomic mass is 10.1. The van der Waals surface area contributed by atoms with Gasteiger partial charge in [-0.2, -0.15) is 0 Å². The first-order valence-electron chi connectivity index (χ1n) is 8.36. The zero-order chi connectivity index (χ0) is 17.4. The summed E-state index contributed by atoms with van der Waals surface area (Å²) >= 11 is 1.78. The minimum Gasteiger partial charge on any atom is -0.386 e. The number of benzene rings is 1. The molecule has 0 aliphatic rings. The highest BCUT2D eigenvalue weighted by Gasteiger charge is 2.10. The third-order valence-corrected chi connectivity index (χ3v) is 4.78. The minimum absolute atomic E-state index is 0. The number of hydrogen-bond donors (Lipinski definition) is 2. The molecule has 4 nitrogen and oxygen atoms in total. The average molecular weight is 473 g/mol. The first kappa shape index (κ1) is 21.9. The Morgan fingerprint density at radius 1 is 1.28 bits per heavy atom. The standard InChI is InChI=1S/C19H27N3OS.HI/c1-4-20-19(22(3)12-11-17-6-5-13-24-17)21-14-18(23)16-9-7-15(2)8-10-16;/h5-10,13,18,23H,4,11-12,14H2,1-3H3,(H,20,21);1H. The normalized spacial score (nSPS) is 12.4. The maximum Gasteiger partial charge on any atom is 0.193 e. The Hall–Kier alpha value is -1.12. The maximum atomic E-state index is 10.3. The number of hydrogen-bond acceptors (Lipinski definition) is 3. The summed E-state index contributed by atoms with van der Waals surface area (Å²) in [5.74, 6) is 0.834. The molecule has 0 saturated carbocycles. The van der Waals surface area contributed by atoms with Crippen molar-refractivity contribution >= 4 is 41.3 Å². The van der Waals surface area contributed by atoms with Crippen LogP contribution in [0.15, 0.2) is 46.8 Å². The lowest BCUT2D eigenvalue weighted by Crippen LogP contribution is -2.40. The minimum atomic E-state index is -0.579. The largest absolute Gasteiger partial charge is 0.386 e. The van der Waals surface area contributed by atoms with Crippen molar-refractivity contribution in [2.24, 2.45) is 4.99 Å². The fraction of sp³-hybridized carbons (Fsp3) is 0.421. The van der Waals surface area contributed by atoms with Crippen LogP contribution in [0.2, 0.25) is 0 Å². The molecule has 2 N–H and O–H groups in total. The molecule has 0 aliphatic carbocycles. The van der Waals surface area contributed by atoms with Gasteiger partial charge in [0.05, 0.1) is 12.6 Å². The quantitative estimate of drug-likeness (QED) is 0.365. The summed E-state index contributed by atoms with van der Waals surface area (Å²) in [5, 5.41) is 15.7. The Morgan fingerprint density at radius 2 is 2.00 bits per heavy atom.